The highest BCUT2D eigenvalue weighted by Crippen LogP contribution is 2.35. The first kappa shape index (κ1) is 12.0. The molecule has 7 N–H and O–H groups in total. The monoisotopic (exact) mass is 203 g/mol. The molecule has 0 aromatic heterocycles. The smallest absolute Gasteiger partial charge is 0.335 e. The predicted octanol–water partition coefficient (Wildman–Crippen LogP) is -0.164. The number of carbonyl (C=O) groups is 1. The Hall–Kier alpha value is -1.99. The maximum atomic E-state index is 10.3. The Balaban J connectivity index is 0.000000791. The lowest BCUT2D eigenvalue weighted by molar-refractivity contribution is 0.0696. The average molecular weight is 203 g/mol. The molecule has 0 saturated heterocycles. The Bertz CT molecular complexity index is 314. The third kappa shape index (κ3) is 2.51. The Kier molecular flexibility index (Phi) is 4.20. The first-order chi connectivity index (χ1) is 6.52. The van der Waals surface area contributed by atoms with E-state index < -0.39 is 23.2 Å². The van der Waals surface area contributed by atoms with Gasteiger partial charge in [-0.25, -0.2) is 10.7 Å². The third-order valence-corrected chi connectivity index (χ3v) is 1.32. The van der Waals surface area contributed by atoms with E-state index in [-0.39, 0.29) is 5.56 Å². The molecule has 0 aliphatic rings. The number of hydrogen-bond acceptors (Lipinski definition) is 6. The van der Waals surface area contributed by atoms with Gasteiger partial charge in [0.1, 0.15) is 0 Å². The highest BCUT2D eigenvalue weighted by Gasteiger charge is 2.11. The van der Waals surface area contributed by atoms with Crippen molar-refractivity contribution < 1.29 is 30.4 Å². The summed E-state index contributed by atoms with van der Waals surface area (Å²) >= 11 is 0. The molecule has 0 atom stereocenters. The summed E-state index contributed by atoms with van der Waals surface area (Å²) < 4.78 is 0. The Labute approximate surface area is 78.2 Å². The molecule has 0 fully saturated rings. The van der Waals surface area contributed by atoms with Crippen LogP contribution in [0.15, 0.2) is 12.1 Å². The fourth-order valence-electron chi connectivity index (χ4n) is 0.728. The molecule has 0 radical (unpaired) electrons. The highest BCUT2D eigenvalue weighted by molar-refractivity contribution is 5.89. The Morgan fingerprint density at radius 1 is 1.07 bits per heavy atom. The number of benzene rings is 1. The van der Waals surface area contributed by atoms with Crippen LogP contribution in [0.1, 0.15) is 10.4 Å². The third-order valence-electron chi connectivity index (χ3n) is 1.32. The van der Waals surface area contributed by atoms with Crippen LogP contribution in [0.5, 0.6) is 17.2 Å². The zero-order valence-electron chi connectivity index (χ0n) is 6.88. The van der Waals surface area contributed by atoms with Crippen LogP contribution in [0.2, 0.25) is 0 Å². The van der Waals surface area contributed by atoms with Gasteiger partial charge in [-0.1, -0.05) is 0 Å². The van der Waals surface area contributed by atoms with E-state index in [9.17, 15) is 4.79 Å². The highest BCUT2D eigenvalue weighted by atomic mass is 16.4. The second kappa shape index (κ2) is 4.90. The van der Waals surface area contributed by atoms with Crippen molar-refractivity contribution in [3.05, 3.63) is 17.7 Å². The van der Waals surface area contributed by atoms with Crippen molar-refractivity contribution in [1.82, 2.24) is 0 Å². The second-order valence-electron chi connectivity index (χ2n) is 2.17. The van der Waals surface area contributed by atoms with Gasteiger partial charge < -0.3 is 25.6 Å². The Morgan fingerprint density at radius 2 is 1.43 bits per heavy atom. The van der Waals surface area contributed by atoms with Crippen LogP contribution in [0, 0.1) is 0 Å². The molecule has 7 heteroatoms. The SMILES string of the molecule is NO.O=C(O)c1cc(O)c(O)c(O)c1. The van der Waals surface area contributed by atoms with Crippen LogP contribution >= 0.6 is 0 Å². The molecule has 0 amide bonds. The summed E-state index contributed by atoms with van der Waals surface area (Å²) in [4.78, 5) is 10.3. The lowest BCUT2D eigenvalue weighted by atomic mass is 10.2. The largest absolute Gasteiger partial charge is 0.504 e. The number of carboxylic acid groups (broad SMARTS) is 1. The van der Waals surface area contributed by atoms with Crippen LogP contribution in [0.4, 0.5) is 0 Å². The first-order valence-electron chi connectivity index (χ1n) is 3.26. The molecule has 78 valence electrons. The molecule has 0 saturated carbocycles. The summed E-state index contributed by atoms with van der Waals surface area (Å²) in [6.07, 6.45) is 0. The molecule has 0 heterocycles. The average Bonchev–Trinajstić information content (AvgIpc) is 2.16. The van der Waals surface area contributed by atoms with Gasteiger partial charge >= 0.3 is 5.97 Å². The molecule has 7 nitrogen and oxygen atoms in total. The molecule has 0 bridgehead atoms. The zero-order chi connectivity index (χ0) is 11.3. The van der Waals surface area contributed by atoms with Gasteiger partial charge in [-0.3, -0.25) is 0 Å². The summed E-state index contributed by atoms with van der Waals surface area (Å²) in [6.45, 7) is 0. The van der Waals surface area contributed by atoms with E-state index in [2.05, 4.69) is 5.90 Å². The number of carboxylic acids is 1. The van der Waals surface area contributed by atoms with Gasteiger partial charge in [0.15, 0.2) is 17.2 Å². The molecule has 1 rings (SSSR count). The van der Waals surface area contributed by atoms with Gasteiger partial charge in [0.25, 0.3) is 0 Å². The summed E-state index contributed by atoms with van der Waals surface area (Å²) in [5.74, 6) is 0.167. The van der Waals surface area contributed by atoms with Crippen LogP contribution in [0.25, 0.3) is 0 Å². The lowest BCUT2D eigenvalue weighted by Gasteiger charge is -2.01. The van der Waals surface area contributed by atoms with Crippen LogP contribution in [-0.2, 0) is 0 Å². The topological polar surface area (TPSA) is 144 Å². The first-order valence-corrected chi connectivity index (χ1v) is 3.26. The molecule has 1 aromatic rings. The zero-order valence-corrected chi connectivity index (χ0v) is 6.88. The molecule has 14 heavy (non-hydrogen) atoms. The van der Waals surface area contributed by atoms with Crippen molar-refractivity contribution >= 4 is 5.97 Å². The minimum Gasteiger partial charge on any atom is -0.504 e. The van der Waals surface area contributed by atoms with Gasteiger partial charge in [0.05, 0.1) is 5.56 Å². The Morgan fingerprint density at radius 3 is 1.71 bits per heavy atom. The quantitative estimate of drug-likeness (QED) is 0.274. The fourth-order valence-corrected chi connectivity index (χ4v) is 0.728. The summed E-state index contributed by atoms with van der Waals surface area (Å²) in [6, 6.07) is 1.69. The minimum absolute atomic E-state index is 0.289. The second-order valence-corrected chi connectivity index (χ2v) is 2.17. The minimum atomic E-state index is -1.29. The summed E-state index contributed by atoms with van der Waals surface area (Å²) in [5.41, 5.74) is -0.289. The number of phenolic OH excluding ortho intramolecular Hbond substituents is 3. The van der Waals surface area contributed by atoms with E-state index in [4.69, 9.17) is 25.6 Å². The van der Waals surface area contributed by atoms with Crippen molar-refractivity contribution in [2.45, 2.75) is 0 Å². The van der Waals surface area contributed by atoms with Crippen molar-refractivity contribution in [1.29, 1.82) is 0 Å². The number of aromatic carboxylic acids is 1. The molecular weight excluding hydrogens is 194 g/mol. The van der Waals surface area contributed by atoms with Crippen LogP contribution < -0.4 is 5.90 Å². The molecule has 0 aliphatic heterocycles. The van der Waals surface area contributed by atoms with Crippen molar-refractivity contribution in [3.8, 4) is 17.2 Å². The number of aromatic hydroxyl groups is 3. The van der Waals surface area contributed by atoms with Crippen molar-refractivity contribution in [3.63, 3.8) is 0 Å². The van der Waals surface area contributed by atoms with Crippen LogP contribution in [0.3, 0.4) is 0 Å². The fraction of sp³-hybridized carbons (Fsp3) is 0. The maximum absolute atomic E-state index is 10.3. The normalized spacial score (nSPS) is 8.71. The standard InChI is InChI=1S/C7H6O5.H3NO/c8-4-1-3(7(11)12)2-5(9)6(4)10;1-2/h1-2,8-10H,(H,11,12);2H,1H2. The van der Waals surface area contributed by atoms with E-state index >= 15 is 0 Å². The molecular formula is C7H9NO6. The molecule has 0 spiro atoms. The van der Waals surface area contributed by atoms with E-state index in [1.54, 1.807) is 0 Å². The van der Waals surface area contributed by atoms with E-state index in [0.29, 0.717) is 0 Å². The predicted molar refractivity (Wildman–Crippen MR) is 44.4 cm³/mol. The van der Waals surface area contributed by atoms with Gasteiger partial charge in [-0.05, 0) is 12.1 Å². The van der Waals surface area contributed by atoms with Gasteiger partial charge in [0.2, 0.25) is 0 Å². The summed E-state index contributed by atoms with van der Waals surface area (Å²) in [7, 11) is 0. The number of nitrogens with two attached hydrogens (primary N) is 1. The number of hydrogen-bond donors (Lipinski definition) is 6. The maximum Gasteiger partial charge on any atom is 0.335 e. The van der Waals surface area contributed by atoms with E-state index in [1.807, 2.05) is 0 Å². The number of phenols is 3. The van der Waals surface area contributed by atoms with Gasteiger partial charge in [0, 0.05) is 0 Å². The van der Waals surface area contributed by atoms with E-state index in [1.165, 1.54) is 0 Å². The van der Waals surface area contributed by atoms with Gasteiger partial charge in [-0.15, -0.1) is 0 Å². The van der Waals surface area contributed by atoms with Crippen LogP contribution in [-0.4, -0.2) is 31.6 Å². The van der Waals surface area contributed by atoms with Gasteiger partial charge in [-0.2, -0.15) is 0 Å². The molecule has 0 unspecified atom stereocenters. The summed E-state index contributed by atoms with van der Waals surface area (Å²) in [5, 5.41) is 41.5. The van der Waals surface area contributed by atoms with Crippen molar-refractivity contribution in [2.75, 3.05) is 0 Å². The molecule has 1 aromatic carbocycles. The molecule has 0 aliphatic carbocycles. The van der Waals surface area contributed by atoms with Crippen molar-refractivity contribution in [2.24, 2.45) is 5.90 Å². The number of rotatable bonds is 1. The lowest BCUT2D eigenvalue weighted by Crippen LogP contribution is -1.95. The van der Waals surface area contributed by atoms with E-state index in [0.717, 1.165) is 12.1 Å².